The number of ether oxygens (including phenoxy) is 2. The topological polar surface area (TPSA) is 105 Å². The van der Waals surface area contributed by atoms with Crippen molar-refractivity contribution in [1.29, 1.82) is 0 Å². The minimum atomic E-state index is -4.22. The number of hydrogen-bond donors (Lipinski definition) is 1. The van der Waals surface area contributed by atoms with E-state index >= 15 is 0 Å². The van der Waals surface area contributed by atoms with E-state index in [1.54, 1.807) is 68.6 Å². The number of methoxy groups -OCH3 is 1. The quantitative estimate of drug-likeness (QED) is 0.281. The first-order valence-corrected chi connectivity index (χ1v) is 15.8. The molecular weight excluding hydrogens is 566 g/mol. The van der Waals surface area contributed by atoms with E-state index in [1.807, 2.05) is 40.7 Å². The van der Waals surface area contributed by atoms with Crippen LogP contribution in [0.4, 0.5) is 5.69 Å². The number of sulfonamides is 1. The van der Waals surface area contributed by atoms with Gasteiger partial charge >= 0.3 is 0 Å². The van der Waals surface area contributed by atoms with Crippen LogP contribution in [0.1, 0.15) is 52.2 Å². The van der Waals surface area contributed by atoms with Crippen LogP contribution >= 0.6 is 0 Å². The van der Waals surface area contributed by atoms with Crippen LogP contribution in [-0.2, 0) is 26.2 Å². The number of carbonyl (C=O) groups excluding carboxylic acids is 2. The van der Waals surface area contributed by atoms with Crippen molar-refractivity contribution in [2.45, 2.75) is 71.0 Å². The fraction of sp³-hybridized carbons (Fsp3) is 0.394. The van der Waals surface area contributed by atoms with E-state index in [0.29, 0.717) is 24.5 Å². The van der Waals surface area contributed by atoms with Crippen LogP contribution in [0.2, 0.25) is 0 Å². The lowest BCUT2D eigenvalue weighted by atomic mass is 10.1. The lowest BCUT2D eigenvalue weighted by molar-refractivity contribution is -0.141. The van der Waals surface area contributed by atoms with Crippen molar-refractivity contribution in [2.24, 2.45) is 0 Å². The Morgan fingerprint density at radius 3 is 2.23 bits per heavy atom. The monoisotopic (exact) mass is 609 g/mol. The van der Waals surface area contributed by atoms with Gasteiger partial charge in [0.2, 0.25) is 11.8 Å². The second-order valence-corrected chi connectivity index (χ2v) is 13.1. The molecule has 43 heavy (non-hydrogen) atoms. The summed E-state index contributed by atoms with van der Waals surface area (Å²) in [7, 11) is -2.67. The third-order valence-electron chi connectivity index (χ3n) is 6.69. The molecule has 0 saturated carbocycles. The van der Waals surface area contributed by atoms with Crippen LogP contribution in [-0.4, -0.2) is 57.0 Å². The summed E-state index contributed by atoms with van der Waals surface area (Å²) in [6.07, 6.45) is 0.317. The molecule has 0 bridgehead atoms. The van der Waals surface area contributed by atoms with Crippen molar-refractivity contribution < 1.29 is 27.5 Å². The summed E-state index contributed by atoms with van der Waals surface area (Å²) in [6.45, 7) is 10.9. The van der Waals surface area contributed by atoms with Crippen molar-refractivity contribution in [2.75, 3.05) is 24.6 Å². The fourth-order valence-corrected chi connectivity index (χ4v) is 6.06. The highest BCUT2D eigenvalue weighted by Crippen LogP contribution is 2.33. The van der Waals surface area contributed by atoms with Gasteiger partial charge in [-0.15, -0.1) is 0 Å². The van der Waals surface area contributed by atoms with Crippen LogP contribution in [0, 0.1) is 6.92 Å². The number of rotatable bonds is 13. The van der Waals surface area contributed by atoms with Crippen LogP contribution in [0.15, 0.2) is 77.7 Å². The summed E-state index contributed by atoms with van der Waals surface area (Å²) in [6, 6.07) is 19.5. The smallest absolute Gasteiger partial charge is 0.264 e. The summed E-state index contributed by atoms with van der Waals surface area (Å²) >= 11 is 0. The maximum atomic E-state index is 14.3. The molecule has 0 aromatic heterocycles. The highest BCUT2D eigenvalue weighted by atomic mass is 32.2. The Kier molecular flexibility index (Phi) is 11.2. The van der Waals surface area contributed by atoms with E-state index < -0.39 is 34.1 Å². The molecule has 0 radical (unpaired) electrons. The first-order chi connectivity index (χ1) is 20.3. The number of carbonyl (C=O) groups is 2. The van der Waals surface area contributed by atoms with Crippen LogP contribution < -0.4 is 19.1 Å². The highest BCUT2D eigenvalue weighted by molar-refractivity contribution is 7.92. The molecule has 0 aliphatic heterocycles. The normalized spacial score (nSPS) is 12.3. The molecule has 9 nitrogen and oxygen atoms in total. The van der Waals surface area contributed by atoms with E-state index in [2.05, 4.69) is 5.32 Å². The van der Waals surface area contributed by atoms with Crippen molar-refractivity contribution in [1.82, 2.24) is 10.2 Å². The van der Waals surface area contributed by atoms with Gasteiger partial charge < -0.3 is 19.7 Å². The van der Waals surface area contributed by atoms with Gasteiger partial charge in [0.15, 0.2) is 0 Å². The summed E-state index contributed by atoms with van der Waals surface area (Å²) < 4.78 is 40.6. The number of nitrogens with zero attached hydrogens (tertiary/aromatic N) is 2. The molecule has 1 N–H and O–H groups in total. The molecule has 3 aromatic carbocycles. The fourth-order valence-electron chi connectivity index (χ4n) is 4.63. The van der Waals surface area contributed by atoms with Crippen molar-refractivity contribution in [3.63, 3.8) is 0 Å². The zero-order valence-electron chi connectivity index (χ0n) is 26.1. The molecule has 0 unspecified atom stereocenters. The van der Waals surface area contributed by atoms with Gasteiger partial charge in [-0.25, -0.2) is 8.42 Å². The highest BCUT2D eigenvalue weighted by Gasteiger charge is 2.35. The maximum absolute atomic E-state index is 14.3. The van der Waals surface area contributed by atoms with Gasteiger partial charge in [-0.3, -0.25) is 13.9 Å². The van der Waals surface area contributed by atoms with Gasteiger partial charge in [-0.05, 0) is 83.0 Å². The molecule has 0 saturated heterocycles. The number of nitrogens with one attached hydrogen (secondary N) is 1. The molecule has 0 heterocycles. The lowest BCUT2D eigenvalue weighted by Gasteiger charge is -2.35. The number of anilines is 1. The largest absolute Gasteiger partial charge is 0.497 e. The Bertz CT molecular complexity index is 1500. The maximum Gasteiger partial charge on any atom is 0.264 e. The van der Waals surface area contributed by atoms with E-state index in [0.717, 1.165) is 15.4 Å². The summed E-state index contributed by atoms with van der Waals surface area (Å²) in [5, 5.41) is 2.98. The average Bonchev–Trinajstić information content (AvgIpc) is 2.95. The molecule has 2 amide bonds. The van der Waals surface area contributed by atoms with Gasteiger partial charge in [-0.2, -0.15) is 0 Å². The number of hydrogen-bond acceptors (Lipinski definition) is 6. The standard InChI is InChI=1S/C33H43N3O6S/c1-8-28(32(38)34-33(4,5)6)35(22-25-13-12-14-26(21-25)41-7)31(37)23-36(29-15-10-11-16-30(29)42-9-2)43(39,40)27-19-17-24(3)18-20-27/h10-21,28H,8-9,22-23H2,1-7H3,(H,34,38)/t28-/m0/s1. The third-order valence-corrected chi connectivity index (χ3v) is 8.47. The number of amides is 2. The summed E-state index contributed by atoms with van der Waals surface area (Å²) in [5.74, 6) is 0.0614. The van der Waals surface area contributed by atoms with Gasteiger partial charge in [0.1, 0.15) is 24.1 Å². The van der Waals surface area contributed by atoms with Crippen molar-refractivity contribution >= 4 is 27.5 Å². The van der Waals surface area contributed by atoms with Crippen LogP contribution in [0.25, 0.3) is 0 Å². The predicted molar refractivity (Wildman–Crippen MR) is 169 cm³/mol. The Balaban J connectivity index is 2.13. The summed E-state index contributed by atoms with van der Waals surface area (Å²) in [5.41, 5.74) is 1.33. The third kappa shape index (κ3) is 8.73. The van der Waals surface area contributed by atoms with Crippen LogP contribution in [0.5, 0.6) is 11.5 Å². The number of para-hydroxylation sites is 2. The van der Waals surface area contributed by atoms with Crippen LogP contribution in [0.3, 0.4) is 0 Å². The van der Waals surface area contributed by atoms with Gasteiger partial charge in [0, 0.05) is 12.1 Å². The van der Waals surface area contributed by atoms with Gasteiger partial charge in [-0.1, -0.05) is 48.9 Å². The predicted octanol–water partition coefficient (Wildman–Crippen LogP) is 5.32. The zero-order chi connectivity index (χ0) is 31.8. The first kappa shape index (κ1) is 33.5. The molecule has 10 heteroatoms. The molecule has 1 atom stereocenters. The van der Waals surface area contributed by atoms with E-state index in [9.17, 15) is 18.0 Å². The molecular formula is C33H43N3O6S. The van der Waals surface area contributed by atoms with Gasteiger partial charge in [0.05, 0.1) is 24.3 Å². The van der Waals surface area contributed by atoms with E-state index in [1.165, 1.54) is 17.0 Å². The second-order valence-electron chi connectivity index (χ2n) is 11.3. The molecule has 3 aromatic rings. The molecule has 0 fully saturated rings. The Labute approximate surface area is 255 Å². The minimum absolute atomic E-state index is 0.0362. The van der Waals surface area contributed by atoms with E-state index in [-0.39, 0.29) is 23.0 Å². The molecule has 3 rings (SSSR count). The van der Waals surface area contributed by atoms with Gasteiger partial charge in [0.25, 0.3) is 10.0 Å². The summed E-state index contributed by atoms with van der Waals surface area (Å²) in [4.78, 5) is 29.3. The Morgan fingerprint density at radius 1 is 0.953 bits per heavy atom. The number of benzene rings is 3. The van der Waals surface area contributed by atoms with Crippen molar-refractivity contribution in [3.05, 3.63) is 83.9 Å². The zero-order valence-corrected chi connectivity index (χ0v) is 26.9. The first-order valence-electron chi connectivity index (χ1n) is 14.4. The van der Waals surface area contributed by atoms with Crippen molar-refractivity contribution in [3.8, 4) is 11.5 Å². The average molecular weight is 610 g/mol. The molecule has 0 spiro atoms. The lowest BCUT2D eigenvalue weighted by Crippen LogP contribution is -2.55. The Morgan fingerprint density at radius 2 is 1.63 bits per heavy atom. The molecule has 0 aliphatic rings. The molecule has 0 aliphatic carbocycles. The Hall–Kier alpha value is -4.05. The molecule has 232 valence electrons. The number of aryl methyl sites for hydroxylation is 1. The second kappa shape index (κ2) is 14.4. The SMILES string of the molecule is CCOc1ccccc1N(CC(=O)N(Cc1cccc(OC)c1)[C@@H](CC)C(=O)NC(C)(C)C)S(=O)(=O)c1ccc(C)cc1. The minimum Gasteiger partial charge on any atom is -0.497 e. The van der Waals surface area contributed by atoms with E-state index in [4.69, 9.17) is 9.47 Å².